The first-order chi connectivity index (χ1) is 14.0. The highest BCUT2D eigenvalue weighted by Gasteiger charge is 2.33. The topological polar surface area (TPSA) is 42.3 Å². The van der Waals surface area contributed by atoms with E-state index in [0.717, 1.165) is 45.2 Å². The van der Waals surface area contributed by atoms with Crippen LogP contribution < -0.4 is 0 Å². The lowest BCUT2D eigenvalue weighted by molar-refractivity contribution is -0.122. The predicted octanol–water partition coefficient (Wildman–Crippen LogP) is 5.96. The number of imide groups is 1. The fraction of sp³-hybridized carbons (Fsp3) is 0.217. The minimum atomic E-state index is -0.221. The summed E-state index contributed by atoms with van der Waals surface area (Å²) in [5.74, 6) is -0.221. The Morgan fingerprint density at radius 2 is 1.79 bits per heavy atom. The van der Waals surface area contributed by atoms with Gasteiger partial charge in [-0.1, -0.05) is 54.9 Å². The molecule has 0 unspecified atom stereocenters. The molecule has 4 nitrogen and oxygen atoms in total. The van der Waals surface area contributed by atoms with Gasteiger partial charge in [0, 0.05) is 35.3 Å². The first-order valence-corrected chi connectivity index (χ1v) is 10.8. The highest BCUT2D eigenvalue weighted by Crippen LogP contribution is 2.35. The molecule has 4 rings (SSSR count). The van der Waals surface area contributed by atoms with E-state index in [1.54, 1.807) is 0 Å². The van der Waals surface area contributed by atoms with E-state index in [1.807, 2.05) is 49.5 Å². The maximum atomic E-state index is 12.5. The van der Waals surface area contributed by atoms with Crippen molar-refractivity contribution < 1.29 is 9.59 Å². The Labute approximate surface area is 179 Å². The van der Waals surface area contributed by atoms with Crippen molar-refractivity contribution in [2.75, 3.05) is 6.54 Å². The minimum Gasteiger partial charge on any atom is -0.342 e. The molecule has 2 heterocycles. The van der Waals surface area contributed by atoms with Gasteiger partial charge in [0.2, 0.25) is 0 Å². The normalized spacial score (nSPS) is 15.8. The number of likely N-dealkylation sites (N-methyl/N-ethyl adjacent to an activating group) is 1. The van der Waals surface area contributed by atoms with Crippen molar-refractivity contribution in [2.24, 2.45) is 0 Å². The van der Waals surface area contributed by atoms with E-state index in [0.29, 0.717) is 18.0 Å². The zero-order chi connectivity index (χ0) is 20.5. The Bertz CT molecular complexity index is 1150. The van der Waals surface area contributed by atoms with Gasteiger partial charge in [-0.2, -0.15) is 0 Å². The third kappa shape index (κ3) is 3.61. The highest BCUT2D eigenvalue weighted by atomic mass is 35.5. The second-order valence-corrected chi connectivity index (χ2v) is 8.30. The number of fused-ring (bicyclic) bond motifs is 1. The van der Waals surface area contributed by atoms with Crippen molar-refractivity contribution in [1.29, 1.82) is 0 Å². The minimum absolute atomic E-state index is 0.210. The van der Waals surface area contributed by atoms with Gasteiger partial charge >= 0.3 is 0 Å². The van der Waals surface area contributed by atoms with E-state index in [-0.39, 0.29) is 11.1 Å². The summed E-state index contributed by atoms with van der Waals surface area (Å²) in [6.45, 7) is 4.96. The van der Waals surface area contributed by atoms with Crippen LogP contribution in [0.5, 0.6) is 0 Å². The summed E-state index contributed by atoms with van der Waals surface area (Å²) in [6, 6.07) is 14.0. The second kappa shape index (κ2) is 8.09. The van der Waals surface area contributed by atoms with Gasteiger partial charge in [0.1, 0.15) is 0 Å². The molecule has 148 valence electrons. The number of aromatic nitrogens is 1. The largest absolute Gasteiger partial charge is 0.342 e. The SMILES string of the molecule is CCc1cccc2c(/C=C3\SC(=O)N(CC)C3=O)cn(Cc3ccccc3Cl)c12. The molecule has 0 N–H and O–H groups in total. The number of thioether (sulfide) groups is 1. The molecular formula is C23H21ClN2O2S. The summed E-state index contributed by atoms with van der Waals surface area (Å²) < 4.78 is 2.19. The summed E-state index contributed by atoms with van der Waals surface area (Å²) >= 11 is 7.40. The van der Waals surface area contributed by atoms with Gasteiger partial charge in [-0.3, -0.25) is 14.5 Å². The number of benzene rings is 2. The van der Waals surface area contributed by atoms with Gasteiger partial charge in [-0.05, 0) is 48.4 Å². The molecule has 0 bridgehead atoms. The highest BCUT2D eigenvalue weighted by molar-refractivity contribution is 8.18. The van der Waals surface area contributed by atoms with Crippen molar-refractivity contribution in [3.05, 3.63) is 75.3 Å². The van der Waals surface area contributed by atoms with Gasteiger partial charge < -0.3 is 4.57 Å². The number of rotatable bonds is 5. The number of carbonyl (C=O) groups excluding carboxylic acids is 2. The molecule has 1 aromatic heterocycles. The molecule has 29 heavy (non-hydrogen) atoms. The standard InChI is InChI=1S/C23H21ClN2O2S/c1-3-15-9-7-10-18-17(12-20-22(27)26(4-2)23(28)29-20)14-25(21(15)18)13-16-8-5-6-11-19(16)24/h5-12,14H,3-4,13H2,1-2H3/b20-12-. The van der Waals surface area contributed by atoms with Crippen LogP contribution in [-0.2, 0) is 17.8 Å². The van der Waals surface area contributed by atoms with Crippen molar-refractivity contribution in [1.82, 2.24) is 9.47 Å². The molecule has 1 fully saturated rings. The van der Waals surface area contributed by atoms with Gasteiger partial charge in [-0.15, -0.1) is 0 Å². The summed E-state index contributed by atoms with van der Waals surface area (Å²) in [5.41, 5.74) is 4.34. The first-order valence-electron chi connectivity index (χ1n) is 9.63. The number of hydrogen-bond acceptors (Lipinski definition) is 3. The van der Waals surface area contributed by atoms with Crippen LogP contribution in [0.4, 0.5) is 4.79 Å². The number of nitrogens with zero attached hydrogens (tertiary/aromatic N) is 2. The average molecular weight is 425 g/mol. The van der Waals surface area contributed by atoms with Crippen molar-refractivity contribution >= 4 is 51.5 Å². The molecule has 0 radical (unpaired) electrons. The molecule has 1 saturated heterocycles. The quantitative estimate of drug-likeness (QED) is 0.474. The molecule has 3 aromatic rings. The number of aryl methyl sites for hydroxylation is 1. The van der Waals surface area contributed by atoms with E-state index in [4.69, 9.17) is 11.6 Å². The molecule has 0 aliphatic carbocycles. The predicted molar refractivity (Wildman–Crippen MR) is 120 cm³/mol. The molecular weight excluding hydrogens is 404 g/mol. The third-order valence-corrected chi connectivity index (χ3v) is 6.44. The Morgan fingerprint density at radius 1 is 1.03 bits per heavy atom. The van der Waals surface area contributed by atoms with Gasteiger partial charge in [-0.25, -0.2) is 0 Å². The molecule has 2 amide bonds. The molecule has 0 saturated carbocycles. The maximum absolute atomic E-state index is 12.5. The Balaban J connectivity index is 1.84. The number of para-hydroxylation sites is 1. The van der Waals surface area contributed by atoms with Gasteiger partial charge in [0.05, 0.1) is 10.4 Å². The molecule has 2 aromatic carbocycles. The second-order valence-electron chi connectivity index (χ2n) is 6.90. The summed E-state index contributed by atoms with van der Waals surface area (Å²) in [5, 5.41) is 1.59. The third-order valence-electron chi connectivity index (χ3n) is 5.17. The lowest BCUT2D eigenvalue weighted by Gasteiger charge is -2.10. The number of amides is 2. The zero-order valence-electron chi connectivity index (χ0n) is 16.3. The van der Waals surface area contributed by atoms with Crippen molar-refractivity contribution in [3.63, 3.8) is 0 Å². The van der Waals surface area contributed by atoms with E-state index in [1.165, 1.54) is 10.5 Å². The molecule has 6 heteroatoms. The van der Waals surface area contributed by atoms with Crippen LogP contribution in [0.25, 0.3) is 17.0 Å². The number of hydrogen-bond donors (Lipinski definition) is 0. The van der Waals surface area contributed by atoms with Crippen molar-refractivity contribution in [2.45, 2.75) is 26.8 Å². The maximum Gasteiger partial charge on any atom is 0.293 e. The van der Waals surface area contributed by atoms with E-state index in [9.17, 15) is 9.59 Å². The van der Waals surface area contributed by atoms with Crippen LogP contribution in [0.2, 0.25) is 5.02 Å². The fourth-order valence-electron chi connectivity index (χ4n) is 3.71. The Kier molecular flexibility index (Phi) is 5.52. The lowest BCUT2D eigenvalue weighted by atomic mass is 10.1. The summed E-state index contributed by atoms with van der Waals surface area (Å²) in [4.78, 5) is 26.4. The molecule has 1 aliphatic rings. The fourth-order valence-corrected chi connectivity index (χ4v) is 4.80. The van der Waals surface area contributed by atoms with E-state index in [2.05, 4.69) is 23.6 Å². The van der Waals surface area contributed by atoms with Crippen LogP contribution in [-0.4, -0.2) is 27.2 Å². The van der Waals surface area contributed by atoms with Crippen molar-refractivity contribution in [3.8, 4) is 0 Å². The molecule has 0 atom stereocenters. The van der Waals surface area contributed by atoms with E-state index >= 15 is 0 Å². The monoisotopic (exact) mass is 424 g/mol. The number of carbonyl (C=O) groups is 2. The molecule has 0 spiro atoms. The Morgan fingerprint density at radius 3 is 2.48 bits per heavy atom. The smallest absolute Gasteiger partial charge is 0.293 e. The average Bonchev–Trinajstić information content (AvgIpc) is 3.20. The van der Waals surface area contributed by atoms with Crippen LogP contribution >= 0.6 is 23.4 Å². The van der Waals surface area contributed by atoms with Crippen LogP contribution in [0.3, 0.4) is 0 Å². The lowest BCUT2D eigenvalue weighted by Crippen LogP contribution is -2.27. The van der Waals surface area contributed by atoms with Crippen LogP contribution in [0.15, 0.2) is 53.6 Å². The van der Waals surface area contributed by atoms with E-state index < -0.39 is 0 Å². The summed E-state index contributed by atoms with van der Waals surface area (Å²) in [7, 11) is 0. The first kappa shape index (κ1) is 19.8. The Hall–Kier alpha value is -2.50. The molecule has 1 aliphatic heterocycles. The number of halogens is 1. The van der Waals surface area contributed by atoms with Gasteiger partial charge in [0.15, 0.2) is 0 Å². The van der Waals surface area contributed by atoms with Crippen LogP contribution in [0, 0.1) is 0 Å². The zero-order valence-corrected chi connectivity index (χ0v) is 17.9. The van der Waals surface area contributed by atoms with Crippen LogP contribution in [0.1, 0.15) is 30.5 Å². The summed E-state index contributed by atoms with van der Waals surface area (Å²) in [6.07, 6.45) is 4.79. The van der Waals surface area contributed by atoms with Gasteiger partial charge in [0.25, 0.3) is 11.1 Å².